The third kappa shape index (κ3) is 6.33. The lowest BCUT2D eigenvalue weighted by atomic mass is 9.89. The van der Waals surface area contributed by atoms with Crippen molar-refractivity contribution in [3.05, 3.63) is 0 Å². The van der Waals surface area contributed by atoms with Gasteiger partial charge < -0.3 is 24.6 Å². The van der Waals surface area contributed by atoms with E-state index in [-0.39, 0.29) is 0 Å². The number of aliphatic hydroxyl groups is 1. The van der Waals surface area contributed by atoms with Gasteiger partial charge in [-0.3, -0.25) is 0 Å². The molecule has 5 nitrogen and oxygen atoms in total. The van der Waals surface area contributed by atoms with Crippen LogP contribution >= 0.6 is 0 Å². The zero-order chi connectivity index (χ0) is 12.5. The second-order valence-corrected chi connectivity index (χ2v) is 4.38. The van der Waals surface area contributed by atoms with Crippen molar-refractivity contribution in [2.24, 2.45) is 0 Å². The van der Waals surface area contributed by atoms with Gasteiger partial charge in [0, 0.05) is 26.3 Å². The van der Waals surface area contributed by atoms with Crippen molar-refractivity contribution in [3.63, 3.8) is 0 Å². The summed E-state index contributed by atoms with van der Waals surface area (Å²) in [6.45, 7) is 4.84. The van der Waals surface area contributed by atoms with Crippen LogP contribution in [0.2, 0.25) is 0 Å². The van der Waals surface area contributed by atoms with Crippen LogP contribution in [0.4, 0.5) is 0 Å². The van der Waals surface area contributed by atoms with Crippen molar-refractivity contribution in [1.82, 2.24) is 5.32 Å². The lowest BCUT2D eigenvalue weighted by Gasteiger charge is -2.36. The molecular weight excluding hydrogens is 222 g/mol. The summed E-state index contributed by atoms with van der Waals surface area (Å²) in [7, 11) is 1.63. The molecule has 0 aromatic rings. The maximum atomic E-state index is 9.63. The summed E-state index contributed by atoms with van der Waals surface area (Å²) in [4.78, 5) is 0. The Hall–Kier alpha value is -0.200. The molecule has 1 atom stereocenters. The molecule has 0 radical (unpaired) electrons. The zero-order valence-electron chi connectivity index (χ0n) is 10.9. The van der Waals surface area contributed by atoms with Crippen LogP contribution in [0.1, 0.15) is 19.8 Å². The van der Waals surface area contributed by atoms with E-state index in [9.17, 15) is 5.11 Å². The molecule has 0 aromatic carbocycles. The van der Waals surface area contributed by atoms with Crippen molar-refractivity contribution in [2.45, 2.75) is 38.0 Å². The van der Waals surface area contributed by atoms with E-state index in [1.807, 2.05) is 6.92 Å². The van der Waals surface area contributed by atoms with Crippen molar-refractivity contribution in [3.8, 4) is 0 Å². The summed E-state index contributed by atoms with van der Waals surface area (Å²) < 4.78 is 15.6. The van der Waals surface area contributed by atoms with Gasteiger partial charge in [-0.1, -0.05) is 0 Å². The predicted octanol–water partition coefficient (Wildman–Crippen LogP) is 0.167. The van der Waals surface area contributed by atoms with Crippen LogP contribution in [0, 0.1) is 0 Å². The molecule has 0 aliphatic heterocycles. The normalized spacial score (nSPS) is 25.6. The molecule has 0 aromatic heterocycles. The van der Waals surface area contributed by atoms with E-state index in [2.05, 4.69) is 5.32 Å². The first kappa shape index (κ1) is 14.9. The van der Waals surface area contributed by atoms with Gasteiger partial charge in [0.15, 0.2) is 0 Å². The maximum absolute atomic E-state index is 9.63. The highest BCUT2D eigenvalue weighted by atomic mass is 16.5. The van der Waals surface area contributed by atoms with Crippen LogP contribution in [-0.2, 0) is 14.2 Å². The smallest absolute Gasteiger partial charge is 0.0897 e. The molecule has 0 bridgehead atoms. The van der Waals surface area contributed by atoms with Crippen LogP contribution in [0.25, 0.3) is 0 Å². The fourth-order valence-electron chi connectivity index (χ4n) is 1.83. The SMILES string of the molecule is CCOC1CC(NCC(O)COCCOC)C1. The highest BCUT2D eigenvalue weighted by Crippen LogP contribution is 2.22. The van der Waals surface area contributed by atoms with Crippen LogP contribution in [0.5, 0.6) is 0 Å². The van der Waals surface area contributed by atoms with E-state index < -0.39 is 6.10 Å². The third-order valence-corrected chi connectivity index (χ3v) is 2.88. The molecule has 17 heavy (non-hydrogen) atoms. The molecule has 0 saturated heterocycles. The second kappa shape index (κ2) is 8.83. The van der Waals surface area contributed by atoms with Gasteiger partial charge in [0.25, 0.3) is 0 Å². The van der Waals surface area contributed by atoms with E-state index in [1.54, 1.807) is 7.11 Å². The van der Waals surface area contributed by atoms with Crippen molar-refractivity contribution < 1.29 is 19.3 Å². The van der Waals surface area contributed by atoms with Gasteiger partial charge in [0.2, 0.25) is 0 Å². The topological polar surface area (TPSA) is 60.0 Å². The largest absolute Gasteiger partial charge is 0.389 e. The Morgan fingerprint density at radius 1 is 1.35 bits per heavy atom. The summed E-state index contributed by atoms with van der Waals surface area (Å²) in [6.07, 6.45) is 2.06. The fourth-order valence-corrected chi connectivity index (χ4v) is 1.83. The Labute approximate surface area is 103 Å². The Morgan fingerprint density at radius 2 is 2.12 bits per heavy atom. The molecule has 1 aliphatic rings. The molecule has 5 heteroatoms. The number of methoxy groups -OCH3 is 1. The monoisotopic (exact) mass is 247 g/mol. The minimum Gasteiger partial charge on any atom is -0.389 e. The Kier molecular flexibility index (Phi) is 7.72. The summed E-state index contributed by atoms with van der Waals surface area (Å²) >= 11 is 0. The molecule has 1 unspecified atom stereocenters. The summed E-state index contributed by atoms with van der Waals surface area (Å²) in [5.74, 6) is 0. The van der Waals surface area contributed by atoms with E-state index in [0.717, 1.165) is 19.4 Å². The van der Waals surface area contributed by atoms with E-state index in [4.69, 9.17) is 14.2 Å². The van der Waals surface area contributed by atoms with Gasteiger partial charge in [0.1, 0.15) is 0 Å². The first-order valence-electron chi connectivity index (χ1n) is 6.36. The van der Waals surface area contributed by atoms with Crippen LogP contribution < -0.4 is 5.32 Å². The average Bonchev–Trinajstić information content (AvgIpc) is 2.27. The maximum Gasteiger partial charge on any atom is 0.0897 e. The first-order chi connectivity index (χ1) is 8.26. The van der Waals surface area contributed by atoms with E-state index in [0.29, 0.717) is 38.5 Å². The minimum absolute atomic E-state index is 0.359. The van der Waals surface area contributed by atoms with Crippen LogP contribution in [-0.4, -0.2) is 63.4 Å². The summed E-state index contributed by atoms with van der Waals surface area (Å²) in [6, 6.07) is 0.486. The van der Waals surface area contributed by atoms with E-state index >= 15 is 0 Å². The molecule has 0 heterocycles. The Morgan fingerprint density at radius 3 is 2.76 bits per heavy atom. The van der Waals surface area contributed by atoms with Gasteiger partial charge in [0.05, 0.1) is 32.0 Å². The average molecular weight is 247 g/mol. The molecule has 0 spiro atoms. The van der Waals surface area contributed by atoms with Gasteiger partial charge in [-0.25, -0.2) is 0 Å². The molecule has 1 aliphatic carbocycles. The minimum atomic E-state index is -0.446. The molecule has 1 rings (SSSR count). The fraction of sp³-hybridized carbons (Fsp3) is 1.00. The lowest BCUT2D eigenvalue weighted by Crippen LogP contribution is -2.48. The van der Waals surface area contributed by atoms with Gasteiger partial charge in [-0.2, -0.15) is 0 Å². The molecule has 0 amide bonds. The molecule has 2 N–H and O–H groups in total. The highest BCUT2D eigenvalue weighted by molar-refractivity contribution is 4.86. The van der Waals surface area contributed by atoms with Gasteiger partial charge in [-0.15, -0.1) is 0 Å². The van der Waals surface area contributed by atoms with Gasteiger partial charge >= 0.3 is 0 Å². The number of hydrogen-bond acceptors (Lipinski definition) is 5. The molecular formula is C12H25NO4. The number of rotatable bonds is 10. The van der Waals surface area contributed by atoms with E-state index in [1.165, 1.54) is 0 Å². The van der Waals surface area contributed by atoms with Crippen LogP contribution in [0.3, 0.4) is 0 Å². The third-order valence-electron chi connectivity index (χ3n) is 2.88. The number of ether oxygens (including phenoxy) is 3. The number of hydrogen-bond donors (Lipinski definition) is 2. The van der Waals surface area contributed by atoms with Crippen molar-refractivity contribution >= 4 is 0 Å². The number of nitrogens with one attached hydrogen (secondary N) is 1. The molecule has 1 saturated carbocycles. The number of aliphatic hydroxyl groups excluding tert-OH is 1. The quantitative estimate of drug-likeness (QED) is 0.539. The Bertz CT molecular complexity index is 185. The summed E-state index contributed by atoms with van der Waals surface area (Å²) in [5.41, 5.74) is 0. The van der Waals surface area contributed by atoms with Crippen LogP contribution in [0.15, 0.2) is 0 Å². The van der Waals surface area contributed by atoms with Gasteiger partial charge in [-0.05, 0) is 19.8 Å². The Balaban J connectivity index is 1.89. The zero-order valence-corrected chi connectivity index (χ0v) is 10.9. The van der Waals surface area contributed by atoms with Crippen molar-refractivity contribution in [2.75, 3.05) is 40.1 Å². The highest BCUT2D eigenvalue weighted by Gasteiger charge is 2.29. The first-order valence-corrected chi connectivity index (χ1v) is 6.36. The lowest BCUT2D eigenvalue weighted by molar-refractivity contribution is -0.0185. The van der Waals surface area contributed by atoms with Crippen molar-refractivity contribution in [1.29, 1.82) is 0 Å². The standard InChI is InChI=1S/C12H25NO4/c1-3-17-12-6-10(7-12)13-8-11(14)9-16-5-4-15-2/h10-14H,3-9H2,1-2H3. The molecule has 102 valence electrons. The second-order valence-electron chi connectivity index (χ2n) is 4.38. The predicted molar refractivity (Wildman–Crippen MR) is 65.1 cm³/mol. The molecule has 1 fully saturated rings. The summed E-state index contributed by atoms with van der Waals surface area (Å²) in [5, 5.41) is 12.9.